The zero-order valence-electron chi connectivity index (χ0n) is 14.5. The van der Waals surface area contributed by atoms with Crippen LogP contribution in [0.2, 0.25) is 0 Å². The first-order valence-electron chi connectivity index (χ1n) is 7.96. The normalized spacial score (nSPS) is 15.3. The van der Waals surface area contributed by atoms with Gasteiger partial charge in [0.05, 0.1) is 16.3 Å². The van der Waals surface area contributed by atoms with Crippen molar-refractivity contribution in [2.24, 2.45) is 0 Å². The molecule has 2 aromatic rings. The van der Waals surface area contributed by atoms with E-state index in [2.05, 4.69) is 30.5 Å². The van der Waals surface area contributed by atoms with Crippen molar-refractivity contribution in [3.05, 3.63) is 52.5 Å². The van der Waals surface area contributed by atoms with E-state index < -0.39 is 26.6 Å². The van der Waals surface area contributed by atoms with Gasteiger partial charge < -0.3 is 9.80 Å². The molecule has 1 saturated heterocycles. The Kier molecular flexibility index (Phi) is 7.07. The number of piperazine rings is 1. The van der Waals surface area contributed by atoms with E-state index in [9.17, 15) is 17.2 Å². The molecule has 0 unspecified atom stereocenters. The molecule has 1 heterocycles. The summed E-state index contributed by atoms with van der Waals surface area (Å²) in [5.74, 6) is -1.89. The molecular formula is C17H19BrClF2N3O2S. The molecule has 10 heteroatoms. The Morgan fingerprint density at radius 2 is 1.59 bits per heavy atom. The lowest BCUT2D eigenvalue weighted by atomic mass is 10.2. The molecule has 0 atom stereocenters. The van der Waals surface area contributed by atoms with E-state index in [1.807, 2.05) is 19.2 Å². The number of anilines is 2. The Bertz CT molecular complexity index is 902. The van der Waals surface area contributed by atoms with Gasteiger partial charge in [-0.15, -0.1) is 12.4 Å². The number of halogens is 4. The van der Waals surface area contributed by atoms with Crippen LogP contribution in [0.5, 0.6) is 0 Å². The Morgan fingerprint density at radius 3 is 2.19 bits per heavy atom. The fraction of sp³-hybridized carbons (Fsp3) is 0.294. The fourth-order valence-corrected chi connectivity index (χ4v) is 4.27. The Labute approximate surface area is 171 Å². The van der Waals surface area contributed by atoms with Crippen molar-refractivity contribution in [3.8, 4) is 0 Å². The number of rotatable bonds is 4. The van der Waals surface area contributed by atoms with Crippen molar-refractivity contribution in [2.75, 3.05) is 42.8 Å². The molecule has 0 aromatic heterocycles. The van der Waals surface area contributed by atoms with E-state index in [0.29, 0.717) is 16.2 Å². The third kappa shape index (κ3) is 5.31. The van der Waals surface area contributed by atoms with Crippen molar-refractivity contribution in [2.45, 2.75) is 4.90 Å². The van der Waals surface area contributed by atoms with Gasteiger partial charge in [0.25, 0.3) is 10.0 Å². The minimum absolute atomic E-state index is 0. The molecule has 5 nitrogen and oxygen atoms in total. The minimum atomic E-state index is -4.13. The van der Waals surface area contributed by atoms with Gasteiger partial charge in [0.1, 0.15) is 11.6 Å². The number of nitrogens with one attached hydrogen (secondary N) is 1. The largest absolute Gasteiger partial charge is 0.367 e. The number of likely N-dealkylation sites (N-methyl/N-ethyl adjacent to an activating group) is 1. The number of benzene rings is 2. The van der Waals surface area contributed by atoms with E-state index in [1.165, 1.54) is 0 Å². The zero-order chi connectivity index (χ0) is 18.9. The second-order valence-corrected chi connectivity index (χ2v) is 8.76. The molecule has 3 rings (SSSR count). The van der Waals surface area contributed by atoms with Crippen LogP contribution in [0.3, 0.4) is 0 Å². The van der Waals surface area contributed by atoms with Gasteiger partial charge >= 0.3 is 0 Å². The molecule has 0 bridgehead atoms. The van der Waals surface area contributed by atoms with E-state index >= 15 is 0 Å². The van der Waals surface area contributed by atoms with Gasteiger partial charge in [-0.2, -0.15) is 0 Å². The lowest BCUT2D eigenvalue weighted by molar-refractivity contribution is 0.313. The summed E-state index contributed by atoms with van der Waals surface area (Å²) in [6.07, 6.45) is 0. The van der Waals surface area contributed by atoms with Crippen LogP contribution >= 0.6 is 28.3 Å². The summed E-state index contributed by atoms with van der Waals surface area (Å²) in [5, 5.41) is 0. The monoisotopic (exact) mass is 481 g/mol. The molecule has 0 radical (unpaired) electrons. The Morgan fingerprint density at radius 1 is 1.00 bits per heavy atom. The average Bonchev–Trinajstić information content (AvgIpc) is 2.55. The van der Waals surface area contributed by atoms with Crippen LogP contribution < -0.4 is 9.62 Å². The molecule has 0 aliphatic carbocycles. The van der Waals surface area contributed by atoms with Crippen molar-refractivity contribution < 1.29 is 17.2 Å². The molecule has 0 spiro atoms. The van der Waals surface area contributed by atoms with E-state index in [4.69, 9.17) is 0 Å². The second-order valence-electron chi connectivity index (χ2n) is 6.16. The third-order valence-electron chi connectivity index (χ3n) is 4.19. The van der Waals surface area contributed by atoms with Crippen molar-refractivity contribution in [1.82, 2.24) is 4.90 Å². The van der Waals surface area contributed by atoms with E-state index in [1.54, 1.807) is 6.07 Å². The van der Waals surface area contributed by atoms with Gasteiger partial charge in [0.2, 0.25) is 0 Å². The Hall–Kier alpha value is -1.42. The standard InChI is InChI=1S/C17H18BrF2N3O2S.ClH/c1-22-4-6-23(7-5-22)17-3-2-12(18)8-16(17)21-26(24,25)15-10-13(19)9-14(20)11-15;/h2-3,8-11,21H,4-7H2,1H3;1H. The molecule has 27 heavy (non-hydrogen) atoms. The highest BCUT2D eigenvalue weighted by Crippen LogP contribution is 2.32. The van der Waals surface area contributed by atoms with Gasteiger partial charge in [-0.1, -0.05) is 15.9 Å². The highest BCUT2D eigenvalue weighted by atomic mass is 79.9. The van der Waals surface area contributed by atoms with Crippen LogP contribution in [-0.4, -0.2) is 46.5 Å². The van der Waals surface area contributed by atoms with E-state index in [-0.39, 0.29) is 12.4 Å². The number of hydrogen-bond donors (Lipinski definition) is 1. The van der Waals surface area contributed by atoms with Crippen molar-refractivity contribution in [1.29, 1.82) is 0 Å². The number of nitrogens with zero attached hydrogens (tertiary/aromatic N) is 2. The van der Waals surface area contributed by atoms with Crippen molar-refractivity contribution in [3.63, 3.8) is 0 Å². The Balaban J connectivity index is 0.00000261. The van der Waals surface area contributed by atoms with Gasteiger partial charge in [-0.3, -0.25) is 4.72 Å². The van der Waals surface area contributed by atoms with Crippen molar-refractivity contribution >= 4 is 49.7 Å². The topological polar surface area (TPSA) is 52.6 Å². The first-order chi connectivity index (χ1) is 12.2. The quantitative estimate of drug-likeness (QED) is 0.722. The average molecular weight is 483 g/mol. The maximum Gasteiger partial charge on any atom is 0.262 e. The molecule has 1 aliphatic rings. The predicted molar refractivity (Wildman–Crippen MR) is 108 cm³/mol. The summed E-state index contributed by atoms with van der Waals surface area (Å²) in [7, 11) is -2.11. The highest BCUT2D eigenvalue weighted by molar-refractivity contribution is 9.10. The molecule has 1 N–H and O–H groups in total. The SMILES string of the molecule is CN1CCN(c2ccc(Br)cc2NS(=O)(=O)c2cc(F)cc(F)c2)CC1.Cl. The summed E-state index contributed by atoms with van der Waals surface area (Å²) in [6, 6.07) is 7.50. The lowest BCUT2D eigenvalue weighted by Gasteiger charge is -2.35. The summed E-state index contributed by atoms with van der Waals surface area (Å²) in [4.78, 5) is 3.81. The predicted octanol–water partition coefficient (Wildman–Crippen LogP) is 3.70. The number of sulfonamides is 1. The highest BCUT2D eigenvalue weighted by Gasteiger charge is 2.22. The molecule has 1 fully saturated rings. The molecule has 148 valence electrons. The van der Waals surface area contributed by atoms with Crippen LogP contribution in [0.15, 0.2) is 45.8 Å². The minimum Gasteiger partial charge on any atom is -0.367 e. The van der Waals surface area contributed by atoms with Crippen LogP contribution in [0.25, 0.3) is 0 Å². The van der Waals surface area contributed by atoms with Gasteiger partial charge in [0.15, 0.2) is 0 Å². The first kappa shape index (κ1) is 21.9. The van der Waals surface area contributed by atoms with Gasteiger partial charge in [-0.25, -0.2) is 17.2 Å². The maximum absolute atomic E-state index is 13.4. The van der Waals surface area contributed by atoms with Crippen LogP contribution in [0, 0.1) is 11.6 Å². The van der Waals surface area contributed by atoms with Crippen LogP contribution in [-0.2, 0) is 10.0 Å². The second kappa shape index (κ2) is 8.72. The smallest absolute Gasteiger partial charge is 0.262 e. The van der Waals surface area contributed by atoms with Gasteiger partial charge in [0, 0.05) is 36.7 Å². The van der Waals surface area contributed by atoms with E-state index in [0.717, 1.165) is 44.0 Å². The lowest BCUT2D eigenvalue weighted by Crippen LogP contribution is -2.44. The molecule has 1 aliphatic heterocycles. The third-order valence-corrected chi connectivity index (χ3v) is 6.03. The maximum atomic E-state index is 13.4. The summed E-state index contributed by atoms with van der Waals surface area (Å²) in [5.41, 5.74) is 1.08. The molecule has 0 amide bonds. The summed E-state index contributed by atoms with van der Waals surface area (Å²) < 4.78 is 55.2. The van der Waals surface area contributed by atoms with Gasteiger partial charge in [-0.05, 0) is 37.4 Å². The summed E-state index contributed by atoms with van der Waals surface area (Å²) >= 11 is 3.34. The van der Waals surface area contributed by atoms with Crippen LogP contribution in [0.4, 0.5) is 20.2 Å². The van der Waals surface area contributed by atoms with Crippen LogP contribution in [0.1, 0.15) is 0 Å². The fourth-order valence-electron chi connectivity index (χ4n) is 2.80. The molecule has 2 aromatic carbocycles. The first-order valence-corrected chi connectivity index (χ1v) is 10.2. The molecule has 0 saturated carbocycles. The summed E-state index contributed by atoms with van der Waals surface area (Å²) in [6.45, 7) is 3.22. The molecular weight excluding hydrogens is 464 g/mol. The zero-order valence-corrected chi connectivity index (χ0v) is 17.7. The number of hydrogen-bond acceptors (Lipinski definition) is 4.